The standard InChI is InChI=1S/C13H22N4OS2/c1-7(2)15-12(18)10-11(14)16-20-13(10)17-5-8(3)19-9(4)6-17/h7-9H,5-6H2,1-4H3,(H2,14,16)(H,15,18). The molecule has 112 valence electrons. The Bertz CT molecular complexity index is 479. The fraction of sp³-hybridized carbons (Fsp3) is 0.692. The average Bonchev–Trinajstić information content (AvgIpc) is 2.68. The average molecular weight is 314 g/mol. The van der Waals surface area contributed by atoms with E-state index >= 15 is 0 Å². The molecule has 0 bridgehead atoms. The highest BCUT2D eigenvalue weighted by Gasteiger charge is 2.29. The molecule has 0 spiro atoms. The van der Waals surface area contributed by atoms with Crippen molar-refractivity contribution in [3.8, 4) is 0 Å². The summed E-state index contributed by atoms with van der Waals surface area (Å²) in [6.07, 6.45) is 0. The maximum atomic E-state index is 12.3. The van der Waals surface area contributed by atoms with Gasteiger partial charge in [-0.25, -0.2) is 0 Å². The van der Waals surface area contributed by atoms with E-state index in [-0.39, 0.29) is 11.9 Å². The van der Waals surface area contributed by atoms with Gasteiger partial charge < -0.3 is 16.0 Å². The van der Waals surface area contributed by atoms with Gasteiger partial charge in [0.05, 0.1) is 0 Å². The van der Waals surface area contributed by atoms with Gasteiger partial charge in [-0.15, -0.1) is 0 Å². The number of hydrogen-bond donors (Lipinski definition) is 2. The molecular formula is C13H22N4OS2. The first-order valence-corrected chi connectivity index (χ1v) is 8.56. The first-order valence-electron chi connectivity index (χ1n) is 6.85. The molecule has 2 atom stereocenters. The second kappa shape index (κ2) is 6.22. The van der Waals surface area contributed by atoms with Crippen LogP contribution in [0, 0.1) is 0 Å². The zero-order chi connectivity index (χ0) is 14.9. The predicted molar refractivity (Wildman–Crippen MR) is 87.9 cm³/mol. The highest BCUT2D eigenvalue weighted by Crippen LogP contribution is 2.35. The number of amides is 1. The lowest BCUT2D eigenvalue weighted by molar-refractivity contribution is 0.0944. The highest BCUT2D eigenvalue weighted by molar-refractivity contribution is 8.00. The predicted octanol–water partition coefficient (Wildman–Crippen LogP) is 2.19. The van der Waals surface area contributed by atoms with E-state index in [4.69, 9.17) is 5.73 Å². The minimum Gasteiger partial charge on any atom is -0.382 e. The molecule has 0 aromatic carbocycles. The number of nitrogens with two attached hydrogens (primary N) is 1. The number of hydrogen-bond acceptors (Lipinski definition) is 6. The van der Waals surface area contributed by atoms with Gasteiger partial charge >= 0.3 is 0 Å². The molecule has 2 rings (SSSR count). The zero-order valence-corrected chi connectivity index (χ0v) is 14.0. The Balaban J connectivity index is 2.26. The molecule has 20 heavy (non-hydrogen) atoms. The lowest BCUT2D eigenvalue weighted by Crippen LogP contribution is -2.41. The third kappa shape index (κ3) is 3.38. The van der Waals surface area contributed by atoms with Crippen molar-refractivity contribution in [2.45, 2.75) is 44.2 Å². The summed E-state index contributed by atoms with van der Waals surface area (Å²) in [7, 11) is 0. The number of aromatic nitrogens is 1. The number of rotatable bonds is 3. The molecule has 5 nitrogen and oxygen atoms in total. The van der Waals surface area contributed by atoms with Gasteiger partial charge in [0.2, 0.25) is 0 Å². The van der Waals surface area contributed by atoms with Gasteiger partial charge in [-0.3, -0.25) is 4.79 Å². The summed E-state index contributed by atoms with van der Waals surface area (Å²) in [6, 6.07) is 0.0874. The summed E-state index contributed by atoms with van der Waals surface area (Å²) in [5.41, 5.74) is 6.44. The van der Waals surface area contributed by atoms with Gasteiger partial charge in [0.25, 0.3) is 5.91 Å². The highest BCUT2D eigenvalue weighted by atomic mass is 32.2. The molecule has 1 aromatic rings. The summed E-state index contributed by atoms with van der Waals surface area (Å²) in [6.45, 7) is 10.2. The first-order chi connectivity index (χ1) is 9.38. The molecule has 1 saturated heterocycles. The van der Waals surface area contributed by atoms with Crippen molar-refractivity contribution < 1.29 is 4.79 Å². The van der Waals surface area contributed by atoms with Crippen LogP contribution in [-0.4, -0.2) is 39.9 Å². The first kappa shape index (κ1) is 15.4. The molecule has 1 aromatic heterocycles. The molecule has 7 heteroatoms. The quantitative estimate of drug-likeness (QED) is 0.895. The van der Waals surface area contributed by atoms with Crippen LogP contribution in [0.3, 0.4) is 0 Å². The third-order valence-electron chi connectivity index (χ3n) is 3.05. The van der Waals surface area contributed by atoms with Crippen LogP contribution in [0.5, 0.6) is 0 Å². The number of thioether (sulfide) groups is 1. The number of nitrogens with one attached hydrogen (secondary N) is 1. The Morgan fingerprint density at radius 1 is 1.40 bits per heavy atom. The van der Waals surface area contributed by atoms with Crippen LogP contribution < -0.4 is 16.0 Å². The van der Waals surface area contributed by atoms with E-state index in [1.165, 1.54) is 11.5 Å². The largest absolute Gasteiger partial charge is 0.382 e. The van der Waals surface area contributed by atoms with Crippen molar-refractivity contribution in [1.29, 1.82) is 0 Å². The van der Waals surface area contributed by atoms with Crippen LogP contribution in [0.15, 0.2) is 0 Å². The van der Waals surface area contributed by atoms with E-state index < -0.39 is 0 Å². The van der Waals surface area contributed by atoms with E-state index in [2.05, 4.69) is 28.4 Å². The van der Waals surface area contributed by atoms with Gasteiger partial charge in [0, 0.05) is 29.6 Å². The molecular weight excluding hydrogens is 292 g/mol. The number of anilines is 2. The van der Waals surface area contributed by atoms with E-state index in [1.807, 2.05) is 25.6 Å². The van der Waals surface area contributed by atoms with E-state index in [0.717, 1.165) is 18.1 Å². The van der Waals surface area contributed by atoms with Gasteiger partial charge in [0.15, 0.2) is 5.82 Å². The van der Waals surface area contributed by atoms with Crippen LogP contribution in [0.4, 0.5) is 10.8 Å². The number of nitrogens with zero attached hydrogens (tertiary/aromatic N) is 2. The van der Waals surface area contributed by atoms with Gasteiger partial charge in [-0.2, -0.15) is 16.1 Å². The van der Waals surface area contributed by atoms with Crippen molar-refractivity contribution in [1.82, 2.24) is 9.69 Å². The minimum atomic E-state index is -0.125. The van der Waals surface area contributed by atoms with Crippen molar-refractivity contribution in [2.75, 3.05) is 23.7 Å². The van der Waals surface area contributed by atoms with Gasteiger partial charge in [-0.05, 0) is 25.4 Å². The smallest absolute Gasteiger partial charge is 0.258 e. The minimum absolute atomic E-state index is 0.0874. The van der Waals surface area contributed by atoms with Crippen LogP contribution in [0.25, 0.3) is 0 Å². The summed E-state index contributed by atoms with van der Waals surface area (Å²) in [5.74, 6) is 0.210. The van der Waals surface area contributed by atoms with Crippen molar-refractivity contribution in [2.24, 2.45) is 0 Å². The maximum absolute atomic E-state index is 12.3. The van der Waals surface area contributed by atoms with Crippen molar-refractivity contribution >= 4 is 40.0 Å². The molecule has 0 radical (unpaired) electrons. The lowest BCUT2D eigenvalue weighted by Gasteiger charge is -2.35. The monoisotopic (exact) mass is 314 g/mol. The lowest BCUT2D eigenvalue weighted by atomic mass is 10.2. The van der Waals surface area contributed by atoms with Gasteiger partial charge in [-0.1, -0.05) is 13.8 Å². The second-order valence-corrected chi connectivity index (χ2v) is 8.17. The Hall–Kier alpha value is -0.950. The number of carbonyl (C=O) groups excluding carboxylic acids is 1. The fourth-order valence-corrected chi connectivity index (χ4v) is 4.55. The summed E-state index contributed by atoms with van der Waals surface area (Å²) >= 11 is 3.31. The molecule has 0 aliphatic carbocycles. The van der Waals surface area contributed by atoms with Crippen molar-refractivity contribution in [3.05, 3.63) is 5.56 Å². The van der Waals surface area contributed by atoms with Crippen molar-refractivity contribution in [3.63, 3.8) is 0 Å². The van der Waals surface area contributed by atoms with Crippen LogP contribution >= 0.6 is 23.3 Å². The van der Waals surface area contributed by atoms with E-state index in [9.17, 15) is 4.79 Å². The molecule has 2 unspecified atom stereocenters. The Labute approximate surface area is 128 Å². The normalized spacial score (nSPS) is 23.1. The third-order valence-corrected chi connectivity index (χ3v) is 5.20. The van der Waals surface area contributed by atoms with E-state index in [1.54, 1.807) is 0 Å². The molecule has 2 heterocycles. The molecule has 0 saturated carbocycles. The second-order valence-electron chi connectivity index (χ2n) is 5.54. The fourth-order valence-electron chi connectivity index (χ4n) is 2.40. The Morgan fingerprint density at radius 3 is 2.55 bits per heavy atom. The van der Waals surface area contributed by atoms with Crippen LogP contribution in [-0.2, 0) is 0 Å². The summed E-state index contributed by atoms with van der Waals surface area (Å²) in [5, 5.41) is 4.90. The molecule has 1 amide bonds. The van der Waals surface area contributed by atoms with Crippen LogP contribution in [0.1, 0.15) is 38.1 Å². The summed E-state index contributed by atoms with van der Waals surface area (Å²) < 4.78 is 4.18. The summed E-state index contributed by atoms with van der Waals surface area (Å²) in [4.78, 5) is 14.6. The Morgan fingerprint density at radius 2 is 2.00 bits per heavy atom. The number of carbonyl (C=O) groups is 1. The number of nitrogen functional groups attached to an aromatic ring is 1. The SMILES string of the molecule is CC(C)NC(=O)c1c(N)nsc1N1CC(C)SC(C)C1. The molecule has 1 aliphatic rings. The topological polar surface area (TPSA) is 71.2 Å². The van der Waals surface area contributed by atoms with E-state index in [0.29, 0.717) is 21.9 Å². The van der Waals surface area contributed by atoms with Gasteiger partial charge in [0.1, 0.15) is 10.6 Å². The Kier molecular flexibility index (Phi) is 4.80. The molecule has 1 aliphatic heterocycles. The molecule has 3 N–H and O–H groups in total. The zero-order valence-electron chi connectivity index (χ0n) is 12.3. The molecule has 1 fully saturated rings. The van der Waals surface area contributed by atoms with Crippen LogP contribution in [0.2, 0.25) is 0 Å². The maximum Gasteiger partial charge on any atom is 0.258 e.